The molecule has 1 fully saturated rings. The fraction of sp³-hybridized carbons (Fsp3) is 0.607. The van der Waals surface area contributed by atoms with Gasteiger partial charge >= 0.3 is 5.97 Å². The summed E-state index contributed by atoms with van der Waals surface area (Å²) in [6.07, 6.45) is 6.05. The summed E-state index contributed by atoms with van der Waals surface area (Å²) in [6, 6.07) is 6.71. The van der Waals surface area contributed by atoms with E-state index in [0.717, 1.165) is 58.8 Å². The summed E-state index contributed by atoms with van der Waals surface area (Å²) in [5.74, 6) is -1.68. The smallest absolute Gasteiger partial charge is 0.335 e. The van der Waals surface area contributed by atoms with Gasteiger partial charge < -0.3 is 61.5 Å². The lowest BCUT2D eigenvalue weighted by atomic mass is 9.74. The van der Waals surface area contributed by atoms with Crippen molar-refractivity contribution in [3.63, 3.8) is 0 Å². The number of hydrogen-bond acceptors (Lipinski definition) is 22. The average molecular weight is 1300 g/mol. The fourth-order valence-electron chi connectivity index (χ4n) is 12.6. The Morgan fingerprint density at radius 3 is 1.80 bits per heavy atom. The van der Waals surface area contributed by atoms with Crippen molar-refractivity contribution in [1.29, 1.82) is 0 Å². The second kappa shape index (κ2) is 29.5. The van der Waals surface area contributed by atoms with Crippen molar-refractivity contribution in [2.45, 2.75) is 119 Å². The lowest BCUT2D eigenvalue weighted by Crippen LogP contribution is -2.53. The predicted octanol–water partition coefficient (Wildman–Crippen LogP) is 2.94. The summed E-state index contributed by atoms with van der Waals surface area (Å²) in [4.78, 5) is 40.1. The molecule has 0 aromatic heterocycles. The van der Waals surface area contributed by atoms with E-state index in [9.17, 15) is 48.7 Å². The van der Waals surface area contributed by atoms with Crippen LogP contribution in [-0.2, 0) is 100 Å². The molecule has 0 saturated carbocycles. The van der Waals surface area contributed by atoms with Crippen LogP contribution in [0.25, 0.3) is 11.1 Å². The Hall–Kier alpha value is -5.31. The zero-order valence-electron chi connectivity index (χ0n) is 51.2. The van der Waals surface area contributed by atoms with Crippen molar-refractivity contribution in [1.82, 2.24) is 14.4 Å². The van der Waals surface area contributed by atoms with Gasteiger partial charge in [0.2, 0.25) is 15.4 Å². The molecule has 9 rings (SSSR count). The minimum atomic E-state index is -5.42. The number of rotatable bonds is 35. The molecule has 1 N–H and O–H groups in total. The lowest BCUT2D eigenvalue weighted by molar-refractivity contribution is -0.198. The first-order valence-electron chi connectivity index (χ1n) is 30.3. The van der Waals surface area contributed by atoms with E-state index < -0.39 is 69.3 Å². The molecular formula is C61H81N4O21S3-. The van der Waals surface area contributed by atoms with Gasteiger partial charge in [-0.05, 0) is 87.4 Å². The van der Waals surface area contributed by atoms with E-state index in [1.165, 1.54) is 6.07 Å². The minimum Gasteiger partial charge on any atom is -0.744 e. The number of imide groups is 1. The number of nitrogens with one attached hydrogen (secondary N) is 1. The SMILES string of the molecule is CCC1=CC(C)(C)[N+]2=c3c1cc1c(c3CCC2)Oc2c(cc3c4c2CCCN4C(C)(C)CC3CS(=O)(=O)NCCOCCOCCOCCOCCOCCOCCOCCOCCC(=O)ON2C(=O)CCC2=O)C=1c1ccc(S(=O)(=O)[O-])cc1S(=O)(=O)[O-]. The van der Waals surface area contributed by atoms with Gasteiger partial charge in [0.25, 0.3) is 11.8 Å². The van der Waals surface area contributed by atoms with Crippen molar-refractivity contribution in [3.05, 3.63) is 80.4 Å². The van der Waals surface area contributed by atoms with Crippen molar-refractivity contribution in [2.75, 3.05) is 136 Å². The predicted molar refractivity (Wildman–Crippen MR) is 320 cm³/mol. The Morgan fingerprint density at radius 1 is 0.674 bits per heavy atom. The summed E-state index contributed by atoms with van der Waals surface area (Å²) in [7, 11) is -14.6. The molecule has 1 atom stereocenters. The quantitative estimate of drug-likeness (QED) is 0.0299. The zero-order valence-corrected chi connectivity index (χ0v) is 53.6. The van der Waals surface area contributed by atoms with Crippen LogP contribution in [0.5, 0.6) is 11.5 Å². The summed E-state index contributed by atoms with van der Waals surface area (Å²) in [6.45, 7) is 16.9. The third kappa shape index (κ3) is 16.5. The molecule has 28 heteroatoms. The van der Waals surface area contributed by atoms with Crippen molar-refractivity contribution >= 4 is 64.9 Å². The number of anilines is 1. The number of carbonyl (C=O) groups is 3. The van der Waals surface area contributed by atoms with Gasteiger partial charge in [-0.25, -0.2) is 39.3 Å². The average Bonchev–Trinajstić information content (AvgIpc) is 0.956. The fourth-order valence-corrected chi connectivity index (χ4v) is 15.2. The molecule has 0 radical (unpaired) electrons. The van der Waals surface area contributed by atoms with Crippen LogP contribution >= 0.6 is 0 Å². The first-order chi connectivity index (χ1) is 42.4. The Labute approximate surface area is 520 Å². The zero-order chi connectivity index (χ0) is 63.7. The van der Waals surface area contributed by atoms with Gasteiger partial charge in [-0.3, -0.25) is 9.59 Å². The van der Waals surface area contributed by atoms with Gasteiger partial charge in [-0.2, -0.15) is 0 Å². The Morgan fingerprint density at radius 2 is 1.24 bits per heavy atom. The molecule has 25 nitrogen and oxygen atoms in total. The van der Waals surface area contributed by atoms with Crippen molar-refractivity contribution < 1.29 is 96.2 Å². The van der Waals surface area contributed by atoms with E-state index in [1.54, 1.807) is 0 Å². The molecule has 2 amide bonds. The third-order valence-electron chi connectivity index (χ3n) is 16.5. The topological polar surface area (TPSA) is 314 Å². The first kappa shape index (κ1) is 68.1. The second-order valence-electron chi connectivity index (χ2n) is 23.6. The maximum absolute atomic E-state index is 14.1. The highest BCUT2D eigenvalue weighted by molar-refractivity contribution is 7.89. The number of allylic oxidation sites excluding steroid dienone is 1. The van der Waals surface area contributed by atoms with Crippen LogP contribution in [0, 0.1) is 0 Å². The number of hydroxylamine groups is 2. The molecule has 6 aliphatic heterocycles. The molecule has 0 aliphatic carbocycles. The molecule has 490 valence electrons. The highest BCUT2D eigenvalue weighted by atomic mass is 32.2. The van der Waals surface area contributed by atoms with Gasteiger partial charge in [-0.1, -0.05) is 13.0 Å². The minimum absolute atomic E-state index is 0.00582. The Kier molecular flexibility index (Phi) is 22.6. The van der Waals surface area contributed by atoms with Crippen LogP contribution in [0.2, 0.25) is 0 Å². The highest BCUT2D eigenvalue weighted by Crippen LogP contribution is 2.54. The maximum Gasteiger partial charge on any atom is 0.335 e. The van der Waals surface area contributed by atoms with E-state index in [4.69, 9.17) is 47.5 Å². The van der Waals surface area contributed by atoms with Gasteiger partial charge in [0.05, 0.1) is 139 Å². The molecule has 0 bridgehead atoms. The number of ether oxygens (including phenoxy) is 9. The summed E-state index contributed by atoms with van der Waals surface area (Å²) < 4.78 is 162. The summed E-state index contributed by atoms with van der Waals surface area (Å²) >= 11 is 0. The summed E-state index contributed by atoms with van der Waals surface area (Å²) in [5, 5.41) is 2.03. The number of carbonyl (C=O) groups excluding carboxylic acids is 3. The monoisotopic (exact) mass is 1300 g/mol. The lowest BCUT2D eigenvalue weighted by Gasteiger charge is -2.51. The number of nitrogens with zero attached hydrogens (tertiary/aromatic N) is 3. The Balaban J connectivity index is 0.728. The number of benzene rings is 3. The van der Waals surface area contributed by atoms with Crippen LogP contribution < -0.4 is 29.5 Å². The molecule has 0 spiro atoms. The van der Waals surface area contributed by atoms with E-state index >= 15 is 0 Å². The summed E-state index contributed by atoms with van der Waals surface area (Å²) in [5.41, 5.74) is 5.13. The molecule has 6 aliphatic rings. The number of sulfonamides is 1. The van der Waals surface area contributed by atoms with E-state index in [-0.39, 0.29) is 75.7 Å². The maximum atomic E-state index is 14.1. The van der Waals surface area contributed by atoms with Crippen LogP contribution in [-0.4, -0.2) is 199 Å². The van der Waals surface area contributed by atoms with Crippen molar-refractivity contribution in [3.8, 4) is 11.5 Å². The van der Waals surface area contributed by atoms with Gasteiger partial charge in [-0.15, -0.1) is 5.06 Å². The molecule has 6 heterocycles. The largest absolute Gasteiger partial charge is 0.744 e. The standard InChI is InChI=1S/C61H82N4O21S3/c1-6-41-38-60(2,3)63-17-7-9-45-56(63)47(41)36-49-55(44-12-11-43(88(71,72)73)35-51(44)89(74,75)76)50-37-48-42(39-61(4,5)64-18-8-10-46(57(48)64)59(50)85-58(45)49)40-87(69,70)62-16-20-78-22-24-80-26-28-82-30-32-84-34-33-83-31-29-81-27-25-79-23-21-77-19-15-54(68)86-65-52(66)13-14-53(65)67/h11-12,35-38,42,62H,6-10,13-34,39-40H2,1-5H3,(H-,71,72,73,74,75,76)/p-1. The van der Waals surface area contributed by atoms with E-state index in [0.29, 0.717) is 149 Å². The van der Waals surface area contributed by atoms with Gasteiger partial charge in [0.15, 0.2) is 5.54 Å². The number of hydrogen-bond donors (Lipinski definition) is 1. The molecule has 89 heavy (non-hydrogen) atoms. The van der Waals surface area contributed by atoms with E-state index in [1.807, 2.05) is 12.1 Å². The van der Waals surface area contributed by atoms with Crippen molar-refractivity contribution in [2.24, 2.45) is 0 Å². The van der Waals surface area contributed by atoms with Gasteiger partial charge in [0, 0.05) is 90.8 Å². The molecule has 3 aromatic rings. The van der Waals surface area contributed by atoms with Crippen LogP contribution in [0.4, 0.5) is 5.69 Å². The molecule has 1 unspecified atom stereocenters. The molecule has 1 saturated heterocycles. The van der Waals surface area contributed by atoms with Crippen LogP contribution in [0.3, 0.4) is 0 Å². The van der Waals surface area contributed by atoms with Gasteiger partial charge in [0.1, 0.15) is 38.3 Å². The first-order valence-corrected chi connectivity index (χ1v) is 34.8. The number of amides is 2. The van der Waals surface area contributed by atoms with Crippen LogP contribution in [0.1, 0.15) is 119 Å². The Bertz CT molecular complexity index is 3630. The molecule has 3 aromatic carbocycles. The molecular weight excluding hydrogens is 1220 g/mol. The van der Waals surface area contributed by atoms with Crippen LogP contribution in [0.15, 0.2) is 46.2 Å². The normalized spacial score (nSPS) is 18.3. The number of fused-ring (bicyclic) bond motifs is 4. The third-order valence-corrected chi connectivity index (χ3v) is 19.7. The van der Waals surface area contributed by atoms with E-state index in [2.05, 4.69) is 54.9 Å². The highest BCUT2D eigenvalue weighted by Gasteiger charge is 2.46. The second-order valence-corrected chi connectivity index (χ2v) is 28.2.